The topological polar surface area (TPSA) is 50.4 Å². The van der Waals surface area contributed by atoms with E-state index in [1.807, 2.05) is 0 Å². The van der Waals surface area contributed by atoms with Gasteiger partial charge in [0.1, 0.15) is 5.76 Å². The smallest absolute Gasteiger partial charge is 0.336 e. The Kier molecular flexibility index (Phi) is 2.71. The Balaban J connectivity index is 2.74. The third kappa shape index (κ3) is 1.70. The van der Waals surface area contributed by atoms with Gasteiger partial charge in [-0.25, -0.2) is 4.79 Å². The highest BCUT2D eigenvalue weighted by atomic mass is 35.5. The standard InChI is InChI=1S/C12H9ClO3/c1-7-9(13)5-4-8(12(14)15)11(7)10-3-2-6-16-10/h2-6H,1H3,(H,14,15). The van der Waals surface area contributed by atoms with Gasteiger partial charge in [0.05, 0.1) is 11.8 Å². The molecule has 0 saturated carbocycles. The van der Waals surface area contributed by atoms with Crippen molar-refractivity contribution in [2.45, 2.75) is 6.92 Å². The maximum Gasteiger partial charge on any atom is 0.336 e. The highest BCUT2D eigenvalue weighted by molar-refractivity contribution is 6.32. The molecule has 4 heteroatoms. The Morgan fingerprint density at radius 1 is 1.38 bits per heavy atom. The maximum atomic E-state index is 11.1. The summed E-state index contributed by atoms with van der Waals surface area (Å²) >= 11 is 5.97. The molecule has 1 heterocycles. The zero-order valence-electron chi connectivity index (χ0n) is 8.53. The van der Waals surface area contributed by atoms with E-state index >= 15 is 0 Å². The SMILES string of the molecule is Cc1c(Cl)ccc(C(=O)O)c1-c1ccco1. The van der Waals surface area contributed by atoms with Crippen LogP contribution in [-0.2, 0) is 0 Å². The lowest BCUT2D eigenvalue weighted by atomic mass is 10.00. The molecule has 0 saturated heterocycles. The predicted molar refractivity (Wildman–Crippen MR) is 60.9 cm³/mol. The Morgan fingerprint density at radius 2 is 2.12 bits per heavy atom. The van der Waals surface area contributed by atoms with Crippen LogP contribution in [0.3, 0.4) is 0 Å². The maximum absolute atomic E-state index is 11.1. The number of carbonyl (C=O) groups is 1. The molecular formula is C12H9ClO3. The molecule has 2 rings (SSSR count). The quantitative estimate of drug-likeness (QED) is 0.867. The minimum atomic E-state index is -0.994. The van der Waals surface area contributed by atoms with Gasteiger partial charge in [-0.3, -0.25) is 0 Å². The average Bonchev–Trinajstić information content (AvgIpc) is 2.74. The number of aromatic carboxylic acids is 1. The van der Waals surface area contributed by atoms with Gasteiger partial charge < -0.3 is 9.52 Å². The van der Waals surface area contributed by atoms with Crippen molar-refractivity contribution in [3.8, 4) is 11.3 Å². The molecule has 3 nitrogen and oxygen atoms in total. The van der Waals surface area contributed by atoms with Gasteiger partial charge in [-0.1, -0.05) is 11.6 Å². The van der Waals surface area contributed by atoms with Crippen LogP contribution >= 0.6 is 11.6 Å². The Bertz CT molecular complexity index is 529. The third-order valence-electron chi connectivity index (χ3n) is 2.40. The second-order valence-electron chi connectivity index (χ2n) is 3.38. The van der Waals surface area contributed by atoms with Crippen molar-refractivity contribution >= 4 is 17.6 Å². The first-order valence-electron chi connectivity index (χ1n) is 4.67. The van der Waals surface area contributed by atoms with Gasteiger partial charge >= 0.3 is 5.97 Å². The van der Waals surface area contributed by atoms with Crippen LogP contribution in [-0.4, -0.2) is 11.1 Å². The normalized spacial score (nSPS) is 10.4. The van der Waals surface area contributed by atoms with E-state index in [0.717, 1.165) is 0 Å². The molecule has 0 aliphatic rings. The van der Waals surface area contributed by atoms with Crippen molar-refractivity contribution in [3.05, 3.63) is 46.7 Å². The van der Waals surface area contributed by atoms with Gasteiger partial charge in [-0.05, 0) is 36.8 Å². The number of rotatable bonds is 2. The molecule has 0 radical (unpaired) electrons. The minimum Gasteiger partial charge on any atom is -0.478 e. The predicted octanol–water partition coefficient (Wildman–Crippen LogP) is 3.61. The molecule has 0 amide bonds. The summed E-state index contributed by atoms with van der Waals surface area (Å²) in [5, 5.41) is 9.62. The second-order valence-corrected chi connectivity index (χ2v) is 3.78. The number of benzene rings is 1. The number of carboxylic acids is 1. The molecule has 82 valence electrons. The lowest BCUT2D eigenvalue weighted by molar-refractivity contribution is 0.0697. The lowest BCUT2D eigenvalue weighted by Gasteiger charge is -2.08. The van der Waals surface area contributed by atoms with Crippen molar-refractivity contribution < 1.29 is 14.3 Å². The summed E-state index contributed by atoms with van der Waals surface area (Å²) in [6.07, 6.45) is 1.50. The van der Waals surface area contributed by atoms with E-state index < -0.39 is 5.97 Å². The van der Waals surface area contributed by atoms with Gasteiger partial charge in [0.25, 0.3) is 0 Å². The van der Waals surface area contributed by atoms with Gasteiger partial charge in [0, 0.05) is 10.6 Å². The highest BCUT2D eigenvalue weighted by Crippen LogP contribution is 2.32. The first-order chi connectivity index (χ1) is 7.61. The Morgan fingerprint density at radius 3 is 2.69 bits per heavy atom. The summed E-state index contributed by atoms with van der Waals surface area (Å²) in [5.41, 5.74) is 1.43. The summed E-state index contributed by atoms with van der Waals surface area (Å²) in [5.74, 6) is -0.483. The van der Waals surface area contributed by atoms with Gasteiger partial charge in [-0.15, -0.1) is 0 Å². The first kappa shape index (κ1) is 10.8. The molecule has 0 spiro atoms. The highest BCUT2D eigenvalue weighted by Gasteiger charge is 2.17. The van der Waals surface area contributed by atoms with Crippen LogP contribution in [0.4, 0.5) is 0 Å². The zero-order chi connectivity index (χ0) is 11.7. The van der Waals surface area contributed by atoms with E-state index in [2.05, 4.69) is 0 Å². The van der Waals surface area contributed by atoms with E-state index in [1.165, 1.54) is 12.3 Å². The van der Waals surface area contributed by atoms with Gasteiger partial charge in [0.15, 0.2) is 0 Å². The number of hydrogen-bond acceptors (Lipinski definition) is 2. The van der Waals surface area contributed by atoms with Crippen LogP contribution < -0.4 is 0 Å². The summed E-state index contributed by atoms with van der Waals surface area (Å²) in [4.78, 5) is 11.1. The molecule has 1 aromatic heterocycles. The van der Waals surface area contributed by atoms with Crippen LogP contribution in [0.5, 0.6) is 0 Å². The second kappa shape index (κ2) is 4.02. The number of carboxylic acid groups (broad SMARTS) is 1. The fourth-order valence-corrected chi connectivity index (χ4v) is 1.76. The molecular weight excluding hydrogens is 228 g/mol. The number of halogens is 1. The van der Waals surface area contributed by atoms with Crippen LogP contribution in [0.1, 0.15) is 15.9 Å². The Hall–Kier alpha value is -1.74. The van der Waals surface area contributed by atoms with Crippen LogP contribution in [0.25, 0.3) is 11.3 Å². The number of hydrogen-bond donors (Lipinski definition) is 1. The zero-order valence-corrected chi connectivity index (χ0v) is 9.28. The summed E-state index contributed by atoms with van der Waals surface area (Å²) in [6, 6.07) is 6.48. The van der Waals surface area contributed by atoms with Crippen molar-refractivity contribution in [1.29, 1.82) is 0 Å². The fraction of sp³-hybridized carbons (Fsp3) is 0.0833. The molecule has 16 heavy (non-hydrogen) atoms. The molecule has 1 N–H and O–H groups in total. The summed E-state index contributed by atoms with van der Waals surface area (Å²) in [7, 11) is 0. The van der Waals surface area contributed by atoms with Gasteiger partial charge in [0.2, 0.25) is 0 Å². The Labute approximate surface area is 97.3 Å². The van der Waals surface area contributed by atoms with E-state index in [1.54, 1.807) is 25.1 Å². The van der Waals surface area contributed by atoms with Crippen LogP contribution in [0, 0.1) is 6.92 Å². The molecule has 0 unspecified atom stereocenters. The molecule has 1 aromatic carbocycles. The lowest BCUT2D eigenvalue weighted by Crippen LogP contribution is -2.01. The first-order valence-corrected chi connectivity index (χ1v) is 5.05. The van der Waals surface area contributed by atoms with E-state index in [0.29, 0.717) is 21.9 Å². The largest absolute Gasteiger partial charge is 0.478 e. The minimum absolute atomic E-state index is 0.192. The molecule has 0 aliphatic heterocycles. The van der Waals surface area contributed by atoms with Crippen LogP contribution in [0.2, 0.25) is 5.02 Å². The van der Waals surface area contributed by atoms with E-state index in [9.17, 15) is 4.79 Å². The third-order valence-corrected chi connectivity index (χ3v) is 2.81. The number of furan rings is 1. The van der Waals surface area contributed by atoms with E-state index in [-0.39, 0.29) is 5.56 Å². The average molecular weight is 237 g/mol. The molecule has 0 aliphatic carbocycles. The molecule has 0 fully saturated rings. The van der Waals surface area contributed by atoms with E-state index in [4.69, 9.17) is 21.1 Å². The van der Waals surface area contributed by atoms with Crippen molar-refractivity contribution in [2.75, 3.05) is 0 Å². The van der Waals surface area contributed by atoms with Crippen molar-refractivity contribution in [1.82, 2.24) is 0 Å². The monoisotopic (exact) mass is 236 g/mol. The summed E-state index contributed by atoms with van der Waals surface area (Å²) in [6.45, 7) is 1.77. The van der Waals surface area contributed by atoms with Gasteiger partial charge in [-0.2, -0.15) is 0 Å². The van der Waals surface area contributed by atoms with Crippen molar-refractivity contribution in [2.24, 2.45) is 0 Å². The molecule has 2 aromatic rings. The molecule has 0 bridgehead atoms. The molecule has 0 atom stereocenters. The fourth-order valence-electron chi connectivity index (χ4n) is 1.60. The van der Waals surface area contributed by atoms with Crippen LogP contribution in [0.15, 0.2) is 34.9 Å². The van der Waals surface area contributed by atoms with Crippen molar-refractivity contribution in [3.63, 3.8) is 0 Å². The summed E-state index contributed by atoms with van der Waals surface area (Å²) < 4.78 is 5.22.